The maximum absolute atomic E-state index is 13.6. The molecule has 1 amide bonds. The first-order valence-electron chi connectivity index (χ1n) is 8.00. The predicted octanol–water partition coefficient (Wildman–Crippen LogP) is 2.80. The van der Waals surface area contributed by atoms with E-state index in [1.54, 1.807) is 0 Å². The molecule has 140 valence electrons. The fraction of sp³-hybridized carbons (Fsp3) is 0.278. The predicted molar refractivity (Wildman–Crippen MR) is 96.2 cm³/mol. The van der Waals surface area contributed by atoms with Crippen molar-refractivity contribution in [3.63, 3.8) is 0 Å². The van der Waals surface area contributed by atoms with E-state index in [2.05, 4.69) is 5.32 Å². The third-order valence-electron chi connectivity index (χ3n) is 3.73. The lowest BCUT2D eigenvalue weighted by atomic mass is 10.1. The summed E-state index contributed by atoms with van der Waals surface area (Å²) in [4.78, 5) is 12.1. The number of hydrogen-bond donors (Lipinski definition) is 1. The number of para-hydroxylation sites is 1. The highest BCUT2D eigenvalue weighted by molar-refractivity contribution is 7.88. The van der Waals surface area contributed by atoms with Crippen LogP contribution in [0.5, 0.6) is 0 Å². The van der Waals surface area contributed by atoms with E-state index in [1.807, 2.05) is 30.3 Å². The van der Waals surface area contributed by atoms with Crippen LogP contribution in [0.2, 0.25) is 0 Å². The quantitative estimate of drug-likeness (QED) is 0.764. The van der Waals surface area contributed by atoms with Crippen LogP contribution >= 0.6 is 0 Å². The molecule has 0 aliphatic carbocycles. The van der Waals surface area contributed by atoms with Gasteiger partial charge in [0.15, 0.2) is 0 Å². The highest BCUT2D eigenvalue weighted by atomic mass is 32.2. The van der Waals surface area contributed by atoms with E-state index in [-0.39, 0.29) is 6.54 Å². The van der Waals surface area contributed by atoms with E-state index >= 15 is 0 Å². The molecule has 2 aromatic rings. The van der Waals surface area contributed by atoms with Gasteiger partial charge in [-0.2, -0.15) is 4.31 Å². The Morgan fingerprint density at radius 2 is 1.65 bits per heavy atom. The molecule has 5 nitrogen and oxygen atoms in total. The molecule has 0 heterocycles. The van der Waals surface area contributed by atoms with Gasteiger partial charge in [-0.05, 0) is 30.5 Å². The number of carbonyl (C=O) groups excluding carboxylic acids is 1. The Morgan fingerprint density at radius 1 is 1.04 bits per heavy atom. The number of sulfonamides is 1. The van der Waals surface area contributed by atoms with Gasteiger partial charge in [0.1, 0.15) is 17.3 Å². The summed E-state index contributed by atoms with van der Waals surface area (Å²) in [5.41, 5.74) is 0.467. The average molecular weight is 382 g/mol. The Bertz CT molecular complexity index is 838. The number of rotatable bonds is 8. The number of nitrogens with one attached hydrogen (secondary N) is 1. The van der Waals surface area contributed by atoms with Crippen molar-refractivity contribution >= 4 is 21.6 Å². The summed E-state index contributed by atoms with van der Waals surface area (Å²) in [6, 6.07) is 12.7. The molecule has 2 rings (SSSR count). The van der Waals surface area contributed by atoms with Gasteiger partial charge in [0.2, 0.25) is 15.9 Å². The molecule has 2 aromatic carbocycles. The van der Waals surface area contributed by atoms with Crippen LogP contribution in [0.25, 0.3) is 0 Å². The number of aryl methyl sites for hydroxylation is 1. The van der Waals surface area contributed by atoms with Crippen molar-refractivity contribution in [2.24, 2.45) is 0 Å². The summed E-state index contributed by atoms with van der Waals surface area (Å²) in [6.45, 7) is -0.387. The minimum atomic E-state index is -3.64. The summed E-state index contributed by atoms with van der Waals surface area (Å²) in [5, 5.41) is 2.09. The monoisotopic (exact) mass is 382 g/mol. The highest BCUT2D eigenvalue weighted by Gasteiger charge is 2.21. The molecule has 0 atom stereocenters. The van der Waals surface area contributed by atoms with E-state index < -0.39 is 39.8 Å². The lowest BCUT2D eigenvalue weighted by Crippen LogP contribution is -2.38. The van der Waals surface area contributed by atoms with E-state index in [4.69, 9.17) is 0 Å². The molecule has 8 heteroatoms. The maximum Gasteiger partial charge on any atom is 0.239 e. The zero-order valence-electron chi connectivity index (χ0n) is 14.3. The second kappa shape index (κ2) is 8.86. The van der Waals surface area contributed by atoms with Gasteiger partial charge in [-0.15, -0.1) is 0 Å². The number of benzene rings is 2. The van der Waals surface area contributed by atoms with Crippen molar-refractivity contribution in [1.82, 2.24) is 4.31 Å². The van der Waals surface area contributed by atoms with Crippen LogP contribution in [-0.2, 0) is 21.2 Å². The molecular formula is C18H20F2N2O3S. The third kappa shape index (κ3) is 5.89. The molecule has 0 radical (unpaired) electrons. The number of hydrogen-bond acceptors (Lipinski definition) is 3. The zero-order chi connectivity index (χ0) is 19.2. The standard InChI is InChI=1S/C18H20F2N2O3S/c1-26(24,25)22(12-6-9-14-7-3-2-4-8-14)13-17(23)21-18-15(19)10-5-11-16(18)20/h2-5,7-8,10-11H,6,9,12-13H2,1H3,(H,21,23). The fourth-order valence-corrected chi connectivity index (χ4v) is 3.24. The molecule has 0 aromatic heterocycles. The molecule has 0 unspecified atom stereocenters. The average Bonchev–Trinajstić information content (AvgIpc) is 2.57. The zero-order valence-corrected chi connectivity index (χ0v) is 15.1. The number of carbonyl (C=O) groups is 1. The van der Waals surface area contributed by atoms with E-state index in [0.29, 0.717) is 12.8 Å². The first-order chi connectivity index (χ1) is 12.3. The minimum Gasteiger partial charge on any atom is -0.320 e. The summed E-state index contributed by atoms with van der Waals surface area (Å²) in [7, 11) is -3.64. The van der Waals surface area contributed by atoms with Gasteiger partial charge in [-0.3, -0.25) is 4.79 Å². The molecule has 0 aliphatic rings. The molecule has 1 N–H and O–H groups in total. The molecule has 0 bridgehead atoms. The van der Waals surface area contributed by atoms with Gasteiger partial charge < -0.3 is 5.32 Å². The number of nitrogens with zero attached hydrogens (tertiary/aromatic N) is 1. The maximum atomic E-state index is 13.6. The Hall–Kier alpha value is -2.32. The second-order valence-electron chi connectivity index (χ2n) is 5.83. The van der Waals surface area contributed by atoms with Gasteiger partial charge in [0.25, 0.3) is 0 Å². The summed E-state index contributed by atoms with van der Waals surface area (Å²) < 4.78 is 51.9. The lowest BCUT2D eigenvalue weighted by molar-refractivity contribution is -0.116. The van der Waals surface area contributed by atoms with Crippen LogP contribution in [0.1, 0.15) is 12.0 Å². The van der Waals surface area contributed by atoms with Crippen molar-refractivity contribution in [2.45, 2.75) is 12.8 Å². The number of amides is 1. The van der Waals surface area contributed by atoms with Crippen molar-refractivity contribution < 1.29 is 22.0 Å². The van der Waals surface area contributed by atoms with Crippen LogP contribution in [0.4, 0.5) is 14.5 Å². The topological polar surface area (TPSA) is 66.5 Å². The third-order valence-corrected chi connectivity index (χ3v) is 4.98. The summed E-state index contributed by atoms with van der Waals surface area (Å²) in [5.74, 6) is -2.65. The highest BCUT2D eigenvalue weighted by Crippen LogP contribution is 2.18. The van der Waals surface area contributed by atoms with E-state index in [9.17, 15) is 22.0 Å². The molecule has 0 saturated carbocycles. The Balaban J connectivity index is 1.98. The van der Waals surface area contributed by atoms with Crippen LogP contribution < -0.4 is 5.32 Å². The normalized spacial score (nSPS) is 11.5. The van der Waals surface area contributed by atoms with Crippen molar-refractivity contribution in [1.29, 1.82) is 0 Å². The Labute approximate surface area is 151 Å². The van der Waals surface area contributed by atoms with Crippen LogP contribution in [-0.4, -0.2) is 38.0 Å². The Morgan fingerprint density at radius 3 is 2.23 bits per heavy atom. The molecular weight excluding hydrogens is 362 g/mol. The van der Waals surface area contributed by atoms with Crippen LogP contribution in [0.15, 0.2) is 48.5 Å². The summed E-state index contributed by atoms with van der Waals surface area (Å²) >= 11 is 0. The van der Waals surface area contributed by atoms with Gasteiger partial charge in [-0.25, -0.2) is 17.2 Å². The van der Waals surface area contributed by atoms with Gasteiger partial charge in [0, 0.05) is 6.54 Å². The largest absolute Gasteiger partial charge is 0.320 e. The fourth-order valence-electron chi connectivity index (χ4n) is 2.42. The number of halogens is 2. The van der Waals surface area contributed by atoms with Gasteiger partial charge >= 0.3 is 0 Å². The van der Waals surface area contributed by atoms with Crippen molar-refractivity contribution in [3.8, 4) is 0 Å². The first kappa shape index (κ1) is 20.0. The lowest BCUT2D eigenvalue weighted by Gasteiger charge is -2.19. The van der Waals surface area contributed by atoms with Crippen LogP contribution in [0.3, 0.4) is 0 Å². The molecule has 0 spiro atoms. The molecule has 0 saturated heterocycles. The molecule has 26 heavy (non-hydrogen) atoms. The van der Waals surface area contributed by atoms with Crippen molar-refractivity contribution in [3.05, 3.63) is 65.7 Å². The smallest absolute Gasteiger partial charge is 0.239 e. The van der Waals surface area contributed by atoms with E-state index in [1.165, 1.54) is 6.07 Å². The van der Waals surface area contributed by atoms with Gasteiger partial charge in [0.05, 0.1) is 12.8 Å². The first-order valence-corrected chi connectivity index (χ1v) is 9.85. The van der Waals surface area contributed by atoms with E-state index in [0.717, 1.165) is 28.3 Å². The summed E-state index contributed by atoms with van der Waals surface area (Å²) in [6.07, 6.45) is 2.15. The van der Waals surface area contributed by atoms with Gasteiger partial charge in [-0.1, -0.05) is 36.4 Å². The SMILES string of the molecule is CS(=O)(=O)N(CCCc1ccccc1)CC(=O)Nc1c(F)cccc1F. The molecule has 0 aliphatic heterocycles. The minimum absolute atomic E-state index is 0.126. The Kier molecular flexibility index (Phi) is 6.82. The second-order valence-corrected chi connectivity index (χ2v) is 7.81. The molecule has 0 fully saturated rings. The van der Waals surface area contributed by atoms with Crippen LogP contribution in [0, 0.1) is 11.6 Å². The number of anilines is 1. The van der Waals surface area contributed by atoms with Crippen molar-refractivity contribution in [2.75, 3.05) is 24.7 Å².